The van der Waals surface area contributed by atoms with Crippen LogP contribution in [0.3, 0.4) is 0 Å². The van der Waals surface area contributed by atoms with Crippen LogP contribution in [0.25, 0.3) is 0 Å². The number of pyridine rings is 1. The first-order valence-electron chi connectivity index (χ1n) is 5.16. The fourth-order valence-corrected chi connectivity index (χ4v) is 1.38. The summed E-state index contributed by atoms with van der Waals surface area (Å²) in [6, 6.07) is 11.8. The fraction of sp³-hybridized carbons (Fsp3) is 0.154. The van der Waals surface area contributed by atoms with Gasteiger partial charge in [0.25, 0.3) is 5.56 Å². The van der Waals surface area contributed by atoms with Crippen molar-refractivity contribution in [2.75, 3.05) is 0 Å². The van der Waals surface area contributed by atoms with Crippen LogP contribution in [0.5, 0.6) is 0 Å². The second-order valence-electron chi connectivity index (χ2n) is 3.52. The first-order chi connectivity index (χ1) is 8.25. The summed E-state index contributed by atoms with van der Waals surface area (Å²) in [7, 11) is 0. The lowest BCUT2D eigenvalue weighted by atomic mass is 10.2. The molecule has 0 unspecified atom stereocenters. The molecular weight excluding hydrogens is 221 g/mol. The molecule has 0 spiro atoms. The third-order valence-electron chi connectivity index (χ3n) is 2.21. The molecular formula is C13H11FNO2. The zero-order valence-electron chi connectivity index (χ0n) is 9.10. The molecule has 0 aliphatic carbocycles. The highest BCUT2D eigenvalue weighted by Crippen LogP contribution is 2.01. The van der Waals surface area contributed by atoms with E-state index in [1.165, 1.54) is 0 Å². The minimum Gasteiger partial charge on any atom is -0.356 e. The van der Waals surface area contributed by atoms with E-state index in [9.17, 15) is 9.18 Å². The van der Waals surface area contributed by atoms with Gasteiger partial charge in [0.05, 0.1) is 6.61 Å². The number of nitrogens with zero attached hydrogens (tertiary/aromatic N) is 1. The summed E-state index contributed by atoms with van der Waals surface area (Å²) < 4.78 is 19.2. The van der Waals surface area contributed by atoms with E-state index in [-0.39, 0.29) is 12.3 Å². The maximum Gasteiger partial charge on any atom is 0.253 e. The van der Waals surface area contributed by atoms with Crippen molar-refractivity contribution in [3.8, 4) is 0 Å². The number of hydrogen-bond donors (Lipinski definition) is 0. The zero-order chi connectivity index (χ0) is 12.1. The van der Waals surface area contributed by atoms with Gasteiger partial charge in [-0.3, -0.25) is 9.36 Å². The maximum atomic E-state index is 12.8. The summed E-state index contributed by atoms with van der Waals surface area (Å²) in [6.45, 7) is 0.364. The van der Waals surface area contributed by atoms with Crippen LogP contribution in [0, 0.1) is 12.0 Å². The van der Waals surface area contributed by atoms with E-state index in [1.54, 1.807) is 0 Å². The summed E-state index contributed by atoms with van der Waals surface area (Å²) in [5, 5.41) is 0. The lowest BCUT2D eigenvalue weighted by Gasteiger charge is -2.06. The number of benzene rings is 1. The highest BCUT2D eigenvalue weighted by molar-refractivity contribution is 5.13. The van der Waals surface area contributed by atoms with E-state index < -0.39 is 5.82 Å². The molecule has 0 atom stereocenters. The van der Waals surface area contributed by atoms with Crippen LogP contribution in [-0.4, -0.2) is 4.57 Å². The SMILES string of the molecule is O=c1ccc(F)[c]n1COCc1ccccc1. The zero-order valence-corrected chi connectivity index (χ0v) is 9.10. The van der Waals surface area contributed by atoms with Gasteiger partial charge in [0, 0.05) is 6.07 Å². The van der Waals surface area contributed by atoms with Gasteiger partial charge in [0.1, 0.15) is 18.7 Å². The molecule has 1 radical (unpaired) electrons. The summed E-state index contributed by atoms with van der Waals surface area (Å²) in [4.78, 5) is 11.3. The van der Waals surface area contributed by atoms with Crippen molar-refractivity contribution in [3.05, 3.63) is 70.4 Å². The molecule has 0 N–H and O–H groups in total. The van der Waals surface area contributed by atoms with Crippen molar-refractivity contribution in [1.82, 2.24) is 4.57 Å². The topological polar surface area (TPSA) is 31.2 Å². The fourth-order valence-electron chi connectivity index (χ4n) is 1.38. The summed E-state index contributed by atoms with van der Waals surface area (Å²) in [6.07, 6.45) is 2.27. The Bertz CT molecular complexity index is 537. The molecule has 0 aliphatic heterocycles. The smallest absolute Gasteiger partial charge is 0.253 e. The second-order valence-corrected chi connectivity index (χ2v) is 3.52. The highest BCUT2D eigenvalue weighted by Gasteiger charge is 1.99. The van der Waals surface area contributed by atoms with E-state index >= 15 is 0 Å². The van der Waals surface area contributed by atoms with Gasteiger partial charge in [-0.15, -0.1) is 0 Å². The molecule has 2 rings (SSSR count). The second kappa shape index (κ2) is 5.41. The van der Waals surface area contributed by atoms with E-state index in [0.717, 1.165) is 22.3 Å². The Balaban J connectivity index is 1.94. The van der Waals surface area contributed by atoms with Crippen molar-refractivity contribution in [1.29, 1.82) is 0 Å². The van der Waals surface area contributed by atoms with E-state index in [4.69, 9.17) is 4.74 Å². The average Bonchev–Trinajstić information content (AvgIpc) is 2.35. The van der Waals surface area contributed by atoms with Crippen molar-refractivity contribution < 1.29 is 9.13 Å². The van der Waals surface area contributed by atoms with Crippen LogP contribution in [0.1, 0.15) is 5.56 Å². The third kappa shape index (κ3) is 3.26. The molecule has 87 valence electrons. The predicted molar refractivity (Wildman–Crippen MR) is 60.7 cm³/mol. The molecule has 0 amide bonds. The van der Waals surface area contributed by atoms with E-state index in [0.29, 0.717) is 6.61 Å². The standard InChI is InChI=1S/C13H11FNO2/c14-12-6-7-13(16)15(8-12)10-17-9-11-4-2-1-3-5-11/h1-7H,9-10H2. The Morgan fingerprint density at radius 2 is 1.94 bits per heavy atom. The molecule has 2 aromatic rings. The first-order valence-corrected chi connectivity index (χ1v) is 5.16. The van der Waals surface area contributed by atoms with Crippen LogP contribution in [0.4, 0.5) is 4.39 Å². The predicted octanol–water partition coefficient (Wildman–Crippen LogP) is 1.96. The van der Waals surface area contributed by atoms with Gasteiger partial charge < -0.3 is 4.74 Å². The van der Waals surface area contributed by atoms with Gasteiger partial charge in [-0.2, -0.15) is 0 Å². The van der Waals surface area contributed by atoms with Crippen LogP contribution < -0.4 is 5.56 Å². The number of hydrogen-bond acceptors (Lipinski definition) is 2. The lowest BCUT2D eigenvalue weighted by molar-refractivity contribution is 0.0606. The maximum absolute atomic E-state index is 12.8. The van der Waals surface area contributed by atoms with Gasteiger partial charge >= 0.3 is 0 Å². The molecule has 4 heteroatoms. The van der Waals surface area contributed by atoms with Crippen molar-refractivity contribution in [3.63, 3.8) is 0 Å². The van der Waals surface area contributed by atoms with Crippen molar-refractivity contribution in [2.24, 2.45) is 0 Å². The Kier molecular flexibility index (Phi) is 3.67. The number of rotatable bonds is 4. The summed E-state index contributed by atoms with van der Waals surface area (Å²) >= 11 is 0. The Morgan fingerprint density at radius 1 is 1.18 bits per heavy atom. The molecule has 1 aromatic carbocycles. The quantitative estimate of drug-likeness (QED) is 0.807. The minimum atomic E-state index is -0.576. The molecule has 0 aliphatic rings. The van der Waals surface area contributed by atoms with Crippen LogP contribution >= 0.6 is 0 Å². The molecule has 17 heavy (non-hydrogen) atoms. The Hall–Kier alpha value is -1.94. The van der Waals surface area contributed by atoms with Gasteiger partial charge in [0.15, 0.2) is 0 Å². The van der Waals surface area contributed by atoms with Crippen molar-refractivity contribution in [2.45, 2.75) is 13.3 Å². The first kappa shape index (κ1) is 11.5. The largest absolute Gasteiger partial charge is 0.356 e. The number of halogens is 1. The minimum absolute atomic E-state index is 0.00844. The van der Waals surface area contributed by atoms with Gasteiger partial charge in [-0.05, 0) is 11.6 Å². The molecule has 3 nitrogen and oxygen atoms in total. The normalized spacial score (nSPS) is 10.4. The third-order valence-corrected chi connectivity index (χ3v) is 2.21. The van der Waals surface area contributed by atoms with Crippen LogP contribution in [0.2, 0.25) is 0 Å². The van der Waals surface area contributed by atoms with Gasteiger partial charge in [-0.1, -0.05) is 30.3 Å². The van der Waals surface area contributed by atoms with Gasteiger partial charge in [-0.25, -0.2) is 4.39 Å². The Morgan fingerprint density at radius 3 is 2.71 bits per heavy atom. The molecule has 1 heterocycles. The highest BCUT2D eigenvalue weighted by atomic mass is 19.1. The Labute approximate surface area is 98.1 Å². The molecule has 1 aromatic heterocycles. The molecule has 0 saturated heterocycles. The molecule has 0 saturated carbocycles. The van der Waals surface area contributed by atoms with Crippen molar-refractivity contribution >= 4 is 0 Å². The summed E-state index contributed by atoms with van der Waals surface area (Å²) in [5.74, 6) is -0.576. The molecule has 0 bridgehead atoms. The number of aromatic nitrogens is 1. The van der Waals surface area contributed by atoms with Gasteiger partial charge in [0.2, 0.25) is 0 Å². The summed E-state index contributed by atoms with van der Waals surface area (Å²) in [5.41, 5.74) is 0.663. The lowest BCUT2D eigenvalue weighted by Crippen LogP contribution is -2.20. The van der Waals surface area contributed by atoms with E-state index in [2.05, 4.69) is 6.20 Å². The average molecular weight is 232 g/mol. The van der Waals surface area contributed by atoms with Crippen LogP contribution in [-0.2, 0) is 18.1 Å². The monoisotopic (exact) mass is 232 g/mol. The van der Waals surface area contributed by atoms with E-state index in [1.807, 2.05) is 30.3 Å². The number of ether oxygens (including phenoxy) is 1. The van der Waals surface area contributed by atoms with Crippen LogP contribution in [0.15, 0.2) is 47.3 Å². The molecule has 0 fully saturated rings.